The Labute approximate surface area is 247 Å². The number of hydrogen-bond acceptors (Lipinski definition) is 8. The Balaban J connectivity index is 1.24. The lowest BCUT2D eigenvalue weighted by molar-refractivity contribution is -0.125. The molecule has 12 heteroatoms. The fourth-order valence-corrected chi connectivity index (χ4v) is 5.35. The van der Waals surface area contributed by atoms with E-state index in [1.54, 1.807) is 29.2 Å². The first-order chi connectivity index (χ1) is 21.0. The van der Waals surface area contributed by atoms with Crippen LogP contribution >= 0.6 is 0 Å². The molecule has 4 bridgehead atoms. The number of fused-ring (bicyclic) bond motifs is 1. The first-order valence-electron chi connectivity index (χ1n) is 14.2. The number of carbonyl (C=O) groups excluding carboxylic acids is 3. The van der Waals surface area contributed by atoms with E-state index in [1.165, 1.54) is 18.0 Å². The summed E-state index contributed by atoms with van der Waals surface area (Å²) in [4.78, 5) is 45.1. The number of piperidine rings is 1. The second kappa shape index (κ2) is 12.4. The van der Waals surface area contributed by atoms with Crippen molar-refractivity contribution in [1.82, 2.24) is 30.1 Å². The number of nitrogens with one attached hydrogen (secondary N) is 2. The van der Waals surface area contributed by atoms with Gasteiger partial charge in [0.15, 0.2) is 23.8 Å². The smallest absolute Gasteiger partial charge is 0.272 e. The first kappa shape index (κ1) is 28.0. The molecule has 1 fully saturated rings. The topological polar surface area (TPSA) is 136 Å². The summed E-state index contributed by atoms with van der Waals surface area (Å²) in [5.41, 5.74) is 2.81. The first-order valence-corrected chi connectivity index (χ1v) is 14.2. The summed E-state index contributed by atoms with van der Waals surface area (Å²) in [6.07, 6.45) is 2.34. The van der Waals surface area contributed by atoms with Crippen LogP contribution in [0.4, 0.5) is 0 Å². The zero-order valence-electron chi connectivity index (χ0n) is 23.7. The van der Waals surface area contributed by atoms with Crippen LogP contribution in [0.15, 0.2) is 67.0 Å². The van der Waals surface area contributed by atoms with Crippen molar-refractivity contribution in [3.63, 3.8) is 0 Å². The fraction of sp³-hybridized carbons (Fsp3) is 0.323. The van der Waals surface area contributed by atoms with Crippen LogP contribution in [0.2, 0.25) is 0 Å². The molecule has 0 aliphatic carbocycles. The standard InChI is InChI=1S/C31H32N6O6/c1-41-27-15-20-7-11-26(27)42-18-30(39)35-23-17-36(31(40)24-3-2-4-28-33-19-34-37(24)28)14-13-25(23)43-22-9-5-21(6-10-22)16-32-29(38)12-8-20/h2-7,9-11,15,19,23,25H,8,12-14,16-18H2,1H3,(H,32,38)(H,35,39)/t23-,25-/m1/s1. The van der Waals surface area contributed by atoms with Gasteiger partial charge in [0.25, 0.3) is 11.8 Å². The van der Waals surface area contributed by atoms with Gasteiger partial charge in [0.05, 0.1) is 13.2 Å². The maximum Gasteiger partial charge on any atom is 0.272 e. The molecule has 0 spiro atoms. The molecule has 0 radical (unpaired) electrons. The molecule has 9 rings (SSSR count). The number of aromatic nitrogens is 3. The Bertz CT molecular complexity index is 1640. The van der Waals surface area contributed by atoms with Gasteiger partial charge in [0, 0.05) is 32.5 Å². The molecule has 222 valence electrons. The Kier molecular flexibility index (Phi) is 8.07. The van der Waals surface area contributed by atoms with Gasteiger partial charge in [-0.3, -0.25) is 14.4 Å². The number of likely N-dealkylation sites (tertiary alicyclic amines) is 1. The molecular formula is C31H32N6O6. The van der Waals surface area contributed by atoms with Crippen molar-refractivity contribution in [3.8, 4) is 17.2 Å². The summed E-state index contributed by atoms with van der Waals surface area (Å²) in [5, 5.41) is 10.2. The third-order valence-corrected chi connectivity index (χ3v) is 7.63. The molecule has 5 aliphatic heterocycles. The summed E-state index contributed by atoms with van der Waals surface area (Å²) >= 11 is 0. The highest BCUT2D eigenvalue weighted by atomic mass is 16.5. The number of methoxy groups -OCH3 is 1. The summed E-state index contributed by atoms with van der Waals surface area (Å²) in [6, 6.07) is 17.6. The van der Waals surface area contributed by atoms with Crippen LogP contribution in [0.1, 0.15) is 34.5 Å². The lowest BCUT2D eigenvalue weighted by Crippen LogP contribution is -2.58. The van der Waals surface area contributed by atoms with Crippen molar-refractivity contribution < 1.29 is 28.6 Å². The summed E-state index contributed by atoms with van der Waals surface area (Å²) < 4.78 is 19.2. The zero-order valence-corrected chi connectivity index (χ0v) is 23.7. The number of pyridine rings is 1. The van der Waals surface area contributed by atoms with Crippen LogP contribution in [0, 0.1) is 0 Å². The Morgan fingerprint density at radius 3 is 2.70 bits per heavy atom. The van der Waals surface area contributed by atoms with E-state index in [9.17, 15) is 14.4 Å². The second-order valence-corrected chi connectivity index (χ2v) is 10.5. The molecule has 2 N–H and O–H groups in total. The minimum Gasteiger partial charge on any atom is -0.493 e. The number of aryl methyl sites for hydroxylation is 1. The lowest BCUT2D eigenvalue weighted by Gasteiger charge is -2.38. The molecule has 4 aromatic rings. The highest BCUT2D eigenvalue weighted by Gasteiger charge is 2.35. The number of nitrogens with zero attached hydrogens (tertiary/aromatic N) is 4. The van der Waals surface area contributed by atoms with Crippen molar-refractivity contribution in [2.24, 2.45) is 0 Å². The van der Waals surface area contributed by atoms with Crippen molar-refractivity contribution in [2.45, 2.75) is 38.0 Å². The van der Waals surface area contributed by atoms with Crippen LogP contribution < -0.4 is 24.8 Å². The molecule has 0 unspecified atom stereocenters. The largest absolute Gasteiger partial charge is 0.493 e. The van der Waals surface area contributed by atoms with Gasteiger partial charge in [-0.25, -0.2) is 9.50 Å². The van der Waals surface area contributed by atoms with E-state index in [0.29, 0.717) is 60.9 Å². The third-order valence-electron chi connectivity index (χ3n) is 7.63. The lowest BCUT2D eigenvalue weighted by atomic mass is 10.0. The van der Waals surface area contributed by atoms with Crippen LogP contribution in [0.5, 0.6) is 17.2 Å². The van der Waals surface area contributed by atoms with Crippen molar-refractivity contribution in [3.05, 3.63) is 83.8 Å². The summed E-state index contributed by atoms with van der Waals surface area (Å²) in [5.74, 6) is 0.865. The molecule has 7 heterocycles. The number of amides is 3. The average Bonchev–Trinajstić information content (AvgIpc) is 3.52. The second-order valence-electron chi connectivity index (χ2n) is 10.5. The quantitative estimate of drug-likeness (QED) is 0.366. The van der Waals surface area contributed by atoms with E-state index in [1.807, 2.05) is 36.4 Å². The number of hydrogen-bond donors (Lipinski definition) is 2. The highest BCUT2D eigenvalue weighted by molar-refractivity contribution is 5.93. The number of rotatable bonds is 2. The molecular weight excluding hydrogens is 552 g/mol. The molecule has 2 aromatic carbocycles. The molecule has 12 nitrogen and oxygen atoms in total. The molecule has 0 saturated carbocycles. The van der Waals surface area contributed by atoms with Gasteiger partial charge in [-0.05, 0) is 53.9 Å². The summed E-state index contributed by atoms with van der Waals surface area (Å²) in [7, 11) is 1.53. The Morgan fingerprint density at radius 1 is 1.02 bits per heavy atom. The van der Waals surface area contributed by atoms with Gasteiger partial charge in [0.1, 0.15) is 23.9 Å². The van der Waals surface area contributed by atoms with E-state index in [2.05, 4.69) is 20.7 Å². The van der Waals surface area contributed by atoms with Crippen molar-refractivity contribution >= 4 is 23.4 Å². The maximum absolute atomic E-state index is 13.6. The summed E-state index contributed by atoms with van der Waals surface area (Å²) in [6.45, 7) is 0.780. The fourth-order valence-electron chi connectivity index (χ4n) is 5.35. The van der Waals surface area contributed by atoms with Gasteiger partial charge in [-0.2, -0.15) is 5.10 Å². The predicted octanol–water partition coefficient (Wildman–Crippen LogP) is 2.16. The molecule has 43 heavy (non-hydrogen) atoms. The molecule has 2 aromatic heterocycles. The average molecular weight is 585 g/mol. The minimum atomic E-state index is -0.516. The molecule has 1 saturated heterocycles. The van der Waals surface area contributed by atoms with Gasteiger partial charge in [-0.15, -0.1) is 0 Å². The molecule has 3 amide bonds. The third kappa shape index (κ3) is 6.37. The van der Waals surface area contributed by atoms with Crippen LogP contribution in [-0.4, -0.2) is 76.2 Å². The van der Waals surface area contributed by atoms with Crippen molar-refractivity contribution in [1.29, 1.82) is 0 Å². The molecule has 5 aliphatic rings. The highest BCUT2D eigenvalue weighted by Crippen LogP contribution is 2.29. The van der Waals surface area contributed by atoms with E-state index in [0.717, 1.165) is 11.1 Å². The van der Waals surface area contributed by atoms with Crippen LogP contribution in [0.3, 0.4) is 0 Å². The van der Waals surface area contributed by atoms with Crippen molar-refractivity contribution in [2.75, 3.05) is 26.8 Å². The van der Waals surface area contributed by atoms with Gasteiger partial charge >= 0.3 is 0 Å². The monoisotopic (exact) mass is 584 g/mol. The van der Waals surface area contributed by atoms with E-state index >= 15 is 0 Å². The number of benzene rings is 2. The Morgan fingerprint density at radius 2 is 1.86 bits per heavy atom. The van der Waals surface area contributed by atoms with E-state index in [4.69, 9.17) is 14.2 Å². The normalized spacial score (nSPS) is 19.5. The number of ether oxygens (including phenoxy) is 3. The van der Waals surface area contributed by atoms with E-state index < -0.39 is 12.1 Å². The zero-order chi connectivity index (χ0) is 29.8. The maximum atomic E-state index is 13.6. The van der Waals surface area contributed by atoms with Crippen LogP contribution in [-0.2, 0) is 22.6 Å². The number of carbonyl (C=O) groups is 3. The van der Waals surface area contributed by atoms with Crippen LogP contribution in [0.25, 0.3) is 5.65 Å². The predicted molar refractivity (Wildman–Crippen MR) is 155 cm³/mol. The Hall–Kier alpha value is -5.13. The SMILES string of the molecule is COc1cc2ccc1OCC(=O)N[C@@H]1CN(C(=O)c3cccc4ncnn34)CC[C@H]1Oc1ccc(cc1)CNC(=O)CC2. The van der Waals surface area contributed by atoms with E-state index in [-0.39, 0.29) is 30.9 Å². The van der Waals surface area contributed by atoms with Gasteiger partial charge < -0.3 is 29.7 Å². The minimum absolute atomic E-state index is 0.0603. The molecule has 2 atom stereocenters. The van der Waals surface area contributed by atoms with Gasteiger partial charge in [-0.1, -0.05) is 24.3 Å². The van der Waals surface area contributed by atoms with Gasteiger partial charge in [0.2, 0.25) is 5.91 Å².